The summed E-state index contributed by atoms with van der Waals surface area (Å²) in [4.78, 5) is 18.5. The lowest BCUT2D eigenvalue weighted by atomic mass is 10.2. The summed E-state index contributed by atoms with van der Waals surface area (Å²) in [6.07, 6.45) is 3.19. The molecule has 0 aliphatic carbocycles. The molecule has 5 rings (SSSR count). The van der Waals surface area contributed by atoms with Crippen LogP contribution in [0.1, 0.15) is 31.9 Å². The Balaban J connectivity index is 1.58. The Labute approximate surface area is 229 Å². The molecule has 0 atom stereocenters. The zero-order valence-corrected chi connectivity index (χ0v) is 23.9. The third-order valence-electron chi connectivity index (χ3n) is 7.43. The van der Waals surface area contributed by atoms with Crippen molar-refractivity contribution in [1.82, 2.24) is 24.5 Å². The Morgan fingerprint density at radius 3 is 2.26 bits per heavy atom. The first kappa shape index (κ1) is 26.6. The smallest absolute Gasteiger partial charge is 0.192 e. The molecule has 0 amide bonds. The van der Waals surface area contributed by atoms with Crippen molar-refractivity contribution in [3.8, 4) is 28.5 Å². The molecule has 0 bridgehead atoms. The number of imidazole rings is 1. The Hall–Kier alpha value is -3.95. The average molecular weight is 541 g/mol. The SMILES string of the molecule is CC(C)(C)[Si](C)(C)OCc1ccc(-n2c(-c3cccnc3N)nc3ccc(-c4ccc(CF)cn4)nc32)cc1. The number of nitrogens with two attached hydrogens (primary N) is 1. The number of halogens is 1. The van der Waals surface area contributed by atoms with E-state index in [1.54, 1.807) is 18.3 Å². The number of nitrogens with zero attached hydrogens (tertiary/aromatic N) is 5. The maximum Gasteiger partial charge on any atom is 0.192 e. The summed E-state index contributed by atoms with van der Waals surface area (Å²) in [5, 5.41) is 0.144. The lowest BCUT2D eigenvalue weighted by molar-refractivity contribution is 0.276. The highest BCUT2D eigenvalue weighted by Gasteiger charge is 2.37. The molecule has 0 spiro atoms. The number of fused-ring (bicyclic) bond motifs is 1. The van der Waals surface area contributed by atoms with Gasteiger partial charge in [0.05, 0.1) is 23.6 Å². The van der Waals surface area contributed by atoms with E-state index in [1.807, 2.05) is 41.0 Å². The first-order valence-corrected chi connectivity index (χ1v) is 15.8. The minimum Gasteiger partial charge on any atom is -0.413 e. The van der Waals surface area contributed by atoms with Gasteiger partial charge in [-0.15, -0.1) is 0 Å². The molecule has 1 aromatic carbocycles. The Bertz CT molecular complexity index is 1610. The lowest BCUT2D eigenvalue weighted by Crippen LogP contribution is -2.40. The van der Waals surface area contributed by atoms with Crippen LogP contribution >= 0.6 is 0 Å². The molecule has 0 saturated heterocycles. The van der Waals surface area contributed by atoms with Crippen LogP contribution in [0.25, 0.3) is 39.6 Å². The van der Waals surface area contributed by atoms with Gasteiger partial charge < -0.3 is 10.2 Å². The third kappa shape index (κ3) is 5.32. The Kier molecular flexibility index (Phi) is 7.05. The number of alkyl halides is 1. The molecular weight excluding hydrogens is 507 g/mol. The highest BCUT2D eigenvalue weighted by Crippen LogP contribution is 2.37. The van der Waals surface area contributed by atoms with E-state index in [9.17, 15) is 4.39 Å². The molecular formula is C30H33FN6OSi. The second-order valence-electron chi connectivity index (χ2n) is 11.1. The standard InChI is InChI=1S/C30H33FN6OSi/c1-30(2,3)39(4,5)38-19-20-8-11-22(12-9-20)37-28(23-7-6-16-33-27(23)32)36-26-15-14-25(35-29(26)37)24-13-10-21(17-31)18-34-24/h6-16,18H,17,19H2,1-5H3,(H2,32,33). The molecule has 5 aromatic rings. The summed E-state index contributed by atoms with van der Waals surface area (Å²) in [7, 11) is -1.87. The topological polar surface area (TPSA) is 91.7 Å². The van der Waals surface area contributed by atoms with E-state index < -0.39 is 15.0 Å². The molecule has 7 nitrogen and oxygen atoms in total. The van der Waals surface area contributed by atoms with Gasteiger partial charge in [0.1, 0.15) is 18.0 Å². The van der Waals surface area contributed by atoms with Crippen molar-refractivity contribution in [3.05, 3.63) is 84.2 Å². The van der Waals surface area contributed by atoms with Gasteiger partial charge in [-0.05, 0) is 66.2 Å². The van der Waals surface area contributed by atoms with Gasteiger partial charge in [0, 0.05) is 23.6 Å². The van der Waals surface area contributed by atoms with Gasteiger partial charge in [-0.1, -0.05) is 39.0 Å². The first-order chi connectivity index (χ1) is 18.6. The van der Waals surface area contributed by atoms with Gasteiger partial charge in [0.2, 0.25) is 0 Å². The van der Waals surface area contributed by atoms with Crippen LogP contribution in [0.3, 0.4) is 0 Å². The van der Waals surface area contributed by atoms with Crippen LogP contribution in [0, 0.1) is 0 Å². The summed E-state index contributed by atoms with van der Waals surface area (Å²) in [5.74, 6) is 1.03. The molecule has 0 radical (unpaired) electrons. The number of aromatic nitrogens is 5. The van der Waals surface area contributed by atoms with E-state index in [4.69, 9.17) is 20.1 Å². The predicted octanol–water partition coefficient (Wildman–Crippen LogP) is 7.12. The maximum atomic E-state index is 13.0. The average Bonchev–Trinajstić information content (AvgIpc) is 3.30. The molecule has 4 aromatic heterocycles. The van der Waals surface area contributed by atoms with Crippen molar-refractivity contribution >= 4 is 25.3 Å². The third-order valence-corrected chi connectivity index (χ3v) is 11.9. The van der Waals surface area contributed by atoms with Gasteiger partial charge in [-0.3, -0.25) is 9.55 Å². The Morgan fingerprint density at radius 2 is 1.62 bits per heavy atom. The van der Waals surface area contributed by atoms with Gasteiger partial charge >= 0.3 is 0 Å². The van der Waals surface area contributed by atoms with Crippen LogP contribution in [0.4, 0.5) is 10.2 Å². The predicted molar refractivity (Wildman–Crippen MR) is 157 cm³/mol. The minimum absolute atomic E-state index is 0.144. The quantitative estimate of drug-likeness (QED) is 0.221. The number of hydrogen-bond donors (Lipinski definition) is 1. The monoisotopic (exact) mass is 540 g/mol. The normalized spacial score (nSPS) is 12.3. The number of rotatable bonds is 7. The zero-order chi connectivity index (χ0) is 27.8. The summed E-state index contributed by atoms with van der Waals surface area (Å²) >= 11 is 0. The van der Waals surface area contributed by atoms with Crippen LogP contribution < -0.4 is 5.73 Å². The van der Waals surface area contributed by atoms with E-state index in [0.717, 1.165) is 11.3 Å². The fourth-order valence-electron chi connectivity index (χ4n) is 4.01. The Morgan fingerprint density at radius 1 is 0.897 bits per heavy atom. The van der Waals surface area contributed by atoms with Crippen molar-refractivity contribution in [2.45, 2.75) is 52.2 Å². The highest BCUT2D eigenvalue weighted by molar-refractivity contribution is 6.74. The van der Waals surface area contributed by atoms with Gasteiger partial charge in [0.15, 0.2) is 19.8 Å². The van der Waals surface area contributed by atoms with Crippen molar-refractivity contribution < 1.29 is 8.82 Å². The number of anilines is 1. The minimum atomic E-state index is -1.87. The molecule has 0 fully saturated rings. The van der Waals surface area contributed by atoms with E-state index in [-0.39, 0.29) is 5.04 Å². The molecule has 0 aliphatic rings. The van der Waals surface area contributed by atoms with Crippen molar-refractivity contribution in [2.24, 2.45) is 0 Å². The van der Waals surface area contributed by atoms with Crippen LogP contribution in [0.15, 0.2) is 73.1 Å². The number of pyridine rings is 3. The number of benzene rings is 1. The maximum absolute atomic E-state index is 13.0. The van der Waals surface area contributed by atoms with Crippen molar-refractivity contribution in [1.29, 1.82) is 0 Å². The zero-order valence-electron chi connectivity index (χ0n) is 22.9. The first-order valence-electron chi connectivity index (χ1n) is 12.9. The summed E-state index contributed by atoms with van der Waals surface area (Å²) in [5.41, 5.74) is 12.2. The molecule has 39 heavy (non-hydrogen) atoms. The van der Waals surface area contributed by atoms with Crippen molar-refractivity contribution in [3.63, 3.8) is 0 Å². The second-order valence-corrected chi connectivity index (χ2v) is 16.0. The van der Waals surface area contributed by atoms with Crippen molar-refractivity contribution in [2.75, 3.05) is 5.73 Å². The molecule has 9 heteroatoms. The molecule has 0 aliphatic heterocycles. The number of nitrogen functional groups attached to an aromatic ring is 1. The second kappa shape index (κ2) is 10.3. The molecule has 4 heterocycles. The summed E-state index contributed by atoms with van der Waals surface area (Å²) in [6, 6.07) is 19.3. The largest absolute Gasteiger partial charge is 0.413 e. The highest BCUT2D eigenvalue weighted by atomic mass is 28.4. The van der Waals surface area contributed by atoms with Crippen LogP contribution in [-0.2, 0) is 17.7 Å². The molecule has 0 unspecified atom stereocenters. The number of hydrogen-bond acceptors (Lipinski definition) is 6. The molecule has 200 valence electrons. The molecule has 2 N–H and O–H groups in total. The van der Waals surface area contributed by atoms with Crippen LogP contribution in [-0.4, -0.2) is 32.8 Å². The van der Waals surface area contributed by atoms with E-state index in [1.165, 1.54) is 6.20 Å². The molecule has 0 saturated carbocycles. The van der Waals surface area contributed by atoms with Crippen LogP contribution in [0.5, 0.6) is 0 Å². The van der Waals surface area contributed by atoms with E-state index in [0.29, 0.717) is 51.9 Å². The van der Waals surface area contributed by atoms with Gasteiger partial charge in [-0.25, -0.2) is 19.3 Å². The summed E-state index contributed by atoms with van der Waals surface area (Å²) in [6.45, 7) is 11.2. The van der Waals surface area contributed by atoms with Crippen LogP contribution in [0.2, 0.25) is 18.1 Å². The van der Waals surface area contributed by atoms with E-state index in [2.05, 4.69) is 56.0 Å². The fraction of sp³-hybridized carbons (Fsp3) is 0.267. The van der Waals surface area contributed by atoms with Gasteiger partial charge in [0.25, 0.3) is 0 Å². The summed E-state index contributed by atoms with van der Waals surface area (Å²) < 4.78 is 21.4. The van der Waals surface area contributed by atoms with Gasteiger partial charge in [-0.2, -0.15) is 0 Å². The van der Waals surface area contributed by atoms with E-state index >= 15 is 0 Å². The fourth-order valence-corrected chi connectivity index (χ4v) is 4.97. The lowest BCUT2D eigenvalue weighted by Gasteiger charge is -2.36.